The number of carbonyl (C=O) groups is 1. The van der Waals surface area contributed by atoms with Gasteiger partial charge < -0.3 is 9.88 Å². The van der Waals surface area contributed by atoms with Gasteiger partial charge in [-0.2, -0.15) is 0 Å². The molecule has 2 aromatic heterocycles. The highest BCUT2D eigenvalue weighted by atomic mass is 16.1. The molecule has 7 nitrogen and oxygen atoms in total. The number of aromatic nitrogens is 5. The van der Waals surface area contributed by atoms with Crippen LogP contribution in [-0.2, 0) is 18.3 Å². The Morgan fingerprint density at radius 1 is 1.23 bits per heavy atom. The van der Waals surface area contributed by atoms with Crippen molar-refractivity contribution in [2.75, 3.05) is 5.32 Å². The number of hydrogen-bond acceptors (Lipinski definition) is 4. The number of hydrogen-bond donors (Lipinski definition) is 1. The number of anilines is 1. The fraction of sp³-hybridized carbons (Fsp3) is 0.368. The maximum absolute atomic E-state index is 12.8. The molecule has 1 N–H and O–H groups in total. The van der Waals surface area contributed by atoms with Gasteiger partial charge in [0.25, 0.3) is 0 Å². The number of nitrogens with one attached hydrogen (secondary N) is 1. The van der Waals surface area contributed by atoms with E-state index in [2.05, 4.69) is 20.6 Å². The second-order valence-electron chi connectivity index (χ2n) is 6.81. The summed E-state index contributed by atoms with van der Waals surface area (Å²) in [5.74, 6) is -0.198. The van der Waals surface area contributed by atoms with Gasteiger partial charge in [-0.3, -0.25) is 9.48 Å². The van der Waals surface area contributed by atoms with Gasteiger partial charge in [0.1, 0.15) is 0 Å². The Balaban J connectivity index is 1.52. The summed E-state index contributed by atoms with van der Waals surface area (Å²) in [5.41, 5.74) is 5.82. The second-order valence-corrected chi connectivity index (χ2v) is 6.81. The molecule has 0 radical (unpaired) electrons. The molecule has 1 unspecified atom stereocenters. The average molecular weight is 350 g/mol. The van der Waals surface area contributed by atoms with Crippen LogP contribution in [0.5, 0.6) is 0 Å². The van der Waals surface area contributed by atoms with Crippen molar-refractivity contribution in [2.24, 2.45) is 7.05 Å². The van der Waals surface area contributed by atoms with E-state index in [1.165, 1.54) is 0 Å². The molecule has 1 aliphatic rings. The number of amides is 1. The Kier molecular flexibility index (Phi) is 4.06. The Bertz CT molecular complexity index is 953. The van der Waals surface area contributed by atoms with Gasteiger partial charge in [0, 0.05) is 24.1 Å². The first-order chi connectivity index (χ1) is 12.5. The zero-order chi connectivity index (χ0) is 18.3. The minimum absolute atomic E-state index is 0.00115. The lowest BCUT2D eigenvalue weighted by molar-refractivity contribution is -0.118. The molecule has 1 amide bonds. The van der Waals surface area contributed by atoms with Gasteiger partial charge in [0.15, 0.2) is 0 Å². The molecular weight excluding hydrogens is 328 g/mol. The van der Waals surface area contributed by atoms with Crippen LogP contribution in [-0.4, -0.2) is 30.5 Å². The van der Waals surface area contributed by atoms with Crippen molar-refractivity contribution in [1.29, 1.82) is 0 Å². The van der Waals surface area contributed by atoms with Gasteiger partial charge in [-0.1, -0.05) is 5.21 Å². The smallest absolute Gasteiger partial charge is 0.233 e. The first kappa shape index (κ1) is 16.5. The fourth-order valence-electron chi connectivity index (χ4n) is 3.57. The first-order valence-electron chi connectivity index (χ1n) is 8.85. The van der Waals surface area contributed by atoms with E-state index in [0.29, 0.717) is 0 Å². The number of carbonyl (C=O) groups excluding carboxylic acids is 1. The Labute approximate surface area is 152 Å². The molecule has 0 aliphatic heterocycles. The Morgan fingerprint density at radius 2 is 2.00 bits per heavy atom. The first-order valence-corrected chi connectivity index (χ1v) is 8.85. The molecule has 0 fully saturated rings. The zero-order valence-corrected chi connectivity index (χ0v) is 15.2. The summed E-state index contributed by atoms with van der Waals surface area (Å²) in [6.45, 7) is 4.03. The van der Waals surface area contributed by atoms with Crippen LogP contribution in [0.2, 0.25) is 0 Å². The summed E-state index contributed by atoms with van der Waals surface area (Å²) in [5, 5.41) is 11.3. The highest BCUT2D eigenvalue weighted by molar-refractivity contribution is 5.96. The topological polar surface area (TPSA) is 77.6 Å². The summed E-state index contributed by atoms with van der Waals surface area (Å²) in [6.07, 6.45) is 4.50. The molecule has 2 heterocycles. The Hall–Kier alpha value is -2.96. The number of nitrogens with zero attached hydrogens (tertiary/aromatic N) is 5. The lowest BCUT2D eigenvalue weighted by Crippen LogP contribution is -2.26. The lowest BCUT2D eigenvalue weighted by Gasteiger charge is -2.21. The lowest BCUT2D eigenvalue weighted by atomic mass is 9.89. The van der Waals surface area contributed by atoms with Gasteiger partial charge in [-0.25, -0.2) is 4.98 Å². The zero-order valence-electron chi connectivity index (χ0n) is 15.2. The predicted molar refractivity (Wildman–Crippen MR) is 98.3 cm³/mol. The van der Waals surface area contributed by atoms with Crippen molar-refractivity contribution in [3.8, 4) is 5.69 Å². The van der Waals surface area contributed by atoms with Gasteiger partial charge >= 0.3 is 0 Å². The molecule has 7 heteroatoms. The maximum Gasteiger partial charge on any atom is 0.233 e. The average Bonchev–Trinajstić information content (AvgIpc) is 3.19. The summed E-state index contributed by atoms with van der Waals surface area (Å²) in [4.78, 5) is 17.1. The SMILES string of the molecule is Cc1ncn(-c2ccc(NC(=O)C3CCCc4nnn(C)c43)cc2)c1C. The van der Waals surface area contributed by atoms with Crippen LogP contribution < -0.4 is 5.32 Å². The van der Waals surface area contributed by atoms with Crippen molar-refractivity contribution in [3.05, 3.63) is 53.4 Å². The fourth-order valence-corrected chi connectivity index (χ4v) is 3.57. The van der Waals surface area contributed by atoms with Gasteiger partial charge in [0.2, 0.25) is 5.91 Å². The molecule has 134 valence electrons. The quantitative estimate of drug-likeness (QED) is 0.788. The molecule has 0 saturated carbocycles. The molecule has 0 bridgehead atoms. The van der Waals surface area contributed by atoms with E-state index in [9.17, 15) is 4.79 Å². The summed E-state index contributed by atoms with van der Waals surface area (Å²) >= 11 is 0. The molecule has 3 aromatic rings. The van der Waals surface area contributed by atoms with Crippen LogP contribution in [0.4, 0.5) is 5.69 Å². The standard InChI is InChI=1S/C19H22N6O/c1-12-13(2)25(11-20-12)15-9-7-14(8-10-15)21-19(26)16-5-4-6-17-18(16)24(3)23-22-17/h7-11,16H,4-6H2,1-3H3,(H,21,26). The number of fused-ring (bicyclic) bond motifs is 1. The van der Waals surface area contributed by atoms with E-state index >= 15 is 0 Å². The molecule has 4 rings (SSSR count). The van der Waals surface area contributed by atoms with Crippen LogP contribution in [0.15, 0.2) is 30.6 Å². The second kappa shape index (κ2) is 6.40. The molecule has 0 spiro atoms. The molecule has 0 saturated heterocycles. The van der Waals surface area contributed by atoms with Crippen LogP contribution in [0, 0.1) is 13.8 Å². The van der Waals surface area contributed by atoms with Crippen LogP contribution >= 0.6 is 0 Å². The Morgan fingerprint density at radius 3 is 2.69 bits per heavy atom. The van der Waals surface area contributed by atoms with Crippen molar-refractivity contribution >= 4 is 11.6 Å². The third-order valence-electron chi connectivity index (χ3n) is 5.16. The van der Waals surface area contributed by atoms with Gasteiger partial charge in [-0.05, 0) is 57.4 Å². The largest absolute Gasteiger partial charge is 0.326 e. The van der Waals surface area contributed by atoms with Crippen molar-refractivity contribution < 1.29 is 4.79 Å². The molecular formula is C19H22N6O. The van der Waals surface area contributed by atoms with E-state index in [1.54, 1.807) is 4.68 Å². The van der Waals surface area contributed by atoms with Crippen molar-refractivity contribution in [3.63, 3.8) is 0 Å². The summed E-state index contributed by atoms with van der Waals surface area (Å²) in [7, 11) is 1.85. The van der Waals surface area contributed by atoms with Crippen molar-refractivity contribution in [1.82, 2.24) is 24.5 Å². The molecule has 1 atom stereocenters. The van der Waals surface area contributed by atoms with E-state index < -0.39 is 0 Å². The number of benzene rings is 1. The third-order valence-corrected chi connectivity index (χ3v) is 5.16. The molecule has 26 heavy (non-hydrogen) atoms. The highest BCUT2D eigenvalue weighted by Crippen LogP contribution is 2.31. The number of imidazole rings is 1. The number of rotatable bonds is 3. The maximum atomic E-state index is 12.8. The van der Waals surface area contributed by atoms with Crippen LogP contribution in [0.3, 0.4) is 0 Å². The monoisotopic (exact) mass is 350 g/mol. The summed E-state index contributed by atoms with van der Waals surface area (Å²) in [6, 6.07) is 7.82. The van der Waals surface area contributed by atoms with Gasteiger partial charge in [0.05, 0.1) is 29.3 Å². The molecule has 1 aliphatic carbocycles. The van der Waals surface area contributed by atoms with Crippen molar-refractivity contribution in [2.45, 2.75) is 39.0 Å². The third kappa shape index (κ3) is 2.79. The minimum atomic E-state index is -0.197. The van der Waals surface area contributed by atoms with E-state index in [4.69, 9.17) is 0 Å². The van der Waals surface area contributed by atoms with Crippen LogP contribution in [0.25, 0.3) is 5.69 Å². The van der Waals surface area contributed by atoms with E-state index in [0.717, 1.165) is 53.4 Å². The van der Waals surface area contributed by atoms with Crippen LogP contribution in [0.1, 0.15) is 41.5 Å². The van der Waals surface area contributed by atoms with Gasteiger partial charge in [-0.15, -0.1) is 5.10 Å². The minimum Gasteiger partial charge on any atom is -0.326 e. The van der Waals surface area contributed by atoms with E-state index in [1.807, 2.05) is 56.1 Å². The molecule has 1 aromatic carbocycles. The number of aryl methyl sites for hydroxylation is 3. The summed E-state index contributed by atoms with van der Waals surface area (Å²) < 4.78 is 3.77. The van der Waals surface area contributed by atoms with E-state index in [-0.39, 0.29) is 11.8 Å². The normalized spacial score (nSPS) is 16.3. The predicted octanol–water partition coefficient (Wildman–Crippen LogP) is 2.68. The highest BCUT2D eigenvalue weighted by Gasteiger charge is 2.30.